The van der Waals surface area contributed by atoms with Gasteiger partial charge in [-0.1, -0.05) is 30.3 Å². The number of amides is 1. The SMILES string of the molecule is CNC(C(=O)N1CCC(CCc2ccccc2)CC1)c1cnn(C)c1.Cl. The van der Waals surface area contributed by atoms with Crippen molar-refractivity contribution in [2.75, 3.05) is 20.1 Å². The van der Waals surface area contributed by atoms with Gasteiger partial charge in [0.25, 0.3) is 0 Å². The monoisotopic (exact) mass is 376 g/mol. The number of likely N-dealkylation sites (N-methyl/N-ethyl adjacent to an activating group) is 1. The van der Waals surface area contributed by atoms with Crippen LogP contribution in [0.2, 0.25) is 0 Å². The van der Waals surface area contributed by atoms with Gasteiger partial charge >= 0.3 is 0 Å². The Morgan fingerprint density at radius 2 is 1.96 bits per heavy atom. The van der Waals surface area contributed by atoms with Gasteiger partial charge in [-0.2, -0.15) is 5.10 Å². The Hall–Kier alpha value is -1.85. The molecule has 0 radical (unpaired) electrons. The maximum atomic E-state index is 12.9. The van der Waals surface area contributed by atoms with Crippen LogP contribution in [0.25, 0.3) is 0 Å². The third-order valence-corrected chi connectivity index (χ3v) is 5.20. The van der Waals surface area contributed by atoms with Crippen LogP contribution in [0.15, 0.2) is 42.7 Å². The molecular weight excluding hydrogens is 348 g/mol. The van der Waals surface area contributed by atoms with Gasteiger partial charge in [-0.25, -0.2) is 0 Å². The molecule has 3 rings (SSSR count). The third-order valence-electron chi connectivity index (χ3n) is 5.20. The van der Waals surface area contributed by atoms with Gasteiger partial charge in [-0.3, -0.25) is 9.48 Å². The minimum absolute atomic E-state index is 0. The summed E-state index contributed by atoms with van der Waals surface area (Å²) in [6.45, 7) is 1.72. The molecule has 142 valence electrons. The van der Waals surface area contributed by atoms with Crippen molar-refractivity contribution in [1.82, 2.24) is 20.0 Å². The Kier molecular flexibility index (Phi) is 7.66. The van der Waals surface area contributed by atoms with Crippen LogP contribution in [0.5, 0.6) is 0 Å². The van der Waals surface area contributed by atoms with E-state index in [-0.39, 0.29) is 24.4 Å². The molecule has 1 aliphatic rings. The second-order valence-electron chi connectivity index (χ2n) is 6.96. The van der Waals surface area contributed by atoms with Crippen LogP contribution in [-0.2, 0) is 18.3 Å². The topological polar surface area (TPSA) is 50.2 Å². The number of carbonyl (C=O) groups excluding carboxylic acids is 1. The molecule has 1 aromatic carbocycles. The van der Waals surface area contributed by atoms with Crippen molar-refractivity contribution < 1.29 is 4.79 Å². The van der Waals surface area contributed by atoms with Gasteiger partial charge in [-0.05, 0) is 44.2 Å². The largest absolute Gasteiger partial charge is 0.341 e. The van der Waals surface area contributed by atoms with Crippen LogP contribution in [0, 0.1) is 5.92 Å². The predicted molar refractivity (Wildman–Crippen MR) is 106 cm³/mol. The van der Waals surface area contributed by atoms with E-state index in [1.165, 1.54) is 12.0 Å². The van der Waals surface area contributed by atoms with Crippen molar-refractivity contribution in [3.63, 3.8) is 0 Å². The van der Waals surface area contributed by atoms with Gasteiger partial charge in [0, 0.05) is 31.9 Å². The van der Waals surface area contributed by atoms with Gasteiger partial charge in [0.2, 0.25) is 5.91 Å². The average molecular weight is 377 g/mol. The molecule has 1 fully saturated rings. The summed E-state index contributed by atoms with van der Waals surface area (Å²) in [6, 6.07) is 10.4. The summed E-state index contributed by atoms with van der Waals surface area (Å²) in [4.78, 5) is 14.9. The minimum Gasteiger partial charge on any atom is -0.341 e. The summed E-state index contributed by atoms with van der Waals surface area (Å²) >= 11 is 0. The number of hydrogen-bond donors (Lipinski definition) is 1. The molecule has 2 heterocycles. The molecule has 1 aliphatic heterocycles. The van der Waals surface area contributed by atoms with Crippen LogP contribution < -0.4 is 5.32 Å². The molecule has 5 nitrogen and oxygen atoms in total. The number of halogens is 1. The summed E-state index contributed by atoms with van der Waals surface area (Å²) in [6.07, 6.45) is 8.22. The van der Waals surface area contributed by atoms with Crippen molar-refractivity contribution in [1.29, 1.82) is 0 Å². The Bertz CT molecular complexity index is 680. The van der Waals surface area contributed by atoms with Crippen molar-refractivity contribution >= 4 is 18.3 Å². The number of nitrogens with zero attached hydrogens (tertiary/aromatic N) is 3. The second kappa shape index (κ2) is 9.74. The number of carbonyl (C=O) groups is 1. The smallest absolute Gasteiger partial charge is 0.244 e. The number of piperidine rings is 1. The fourth-order valence-corrected chi connectivity index (χ4v) is 3.66. The van der Waals surface area contributed by atoms with Gasteiger partial charge in [0.15, 0.2) is 0 Å². The molecule has 26 heavy (non-hydrogen) atoms. The van der Waals surface area contributed by atoms with Crippen LogP contribution in [-0.4, -0.2) is 40.7 Å². The summed E-state index contributed by atoms with van der Waals surface area (Å²) in [5, 5.41) is 7.33. The molecule has 0 aliphatic carbocycles. The maximum Gasteiger partial charge on any atom is 0.244 e. The number of likely N-dealkylation sites (tertiary alicyclic amines) is 1. The molecular formula is C20H29ClN4O. The maximum absolute atomic E-state index is 12.9. The molecule has 1 unspecified atom stereocenters. The lowest BCUT2D eigenvalue weighted by Gasteiger charge is -2.34. The number of rotatable bonds is 6. The van der Waals surface area contributed by atoms with E-state index in [9.17, 15) is 4.79 Å². The fraction of sp³-hybridized carbons (Fsp3) is 0.500. The molecule has 1 N–H and O–H groups in total. The normalized spacial score (nSPS) is 16.2. The Morgan fingerprint density at radius 3 is 2.54 bits per heavy atom. The van der Waals surface area contributed by atoms with Crippen molar-refractivity contribution in [3.05, 3.63) is 53.9 Å². The van der Waals surface area contributed by atoms with Gasteiger partial charge in [-0.15, -0.1) is 12.4 Å². The molecule has 0 bridgehead atoms. The lowest BCUT2D eigenvalue weighted by atomic mass is 9.90. The number of benzene rings is 1. The lowest BCUT2D eigenvalue weighted by molar-refractivity contribution is -0.135. The predicted octanol–water partition coefficient (Wildman–Crippen LogP) is 2.97. The van der Waals surface area contributed by atoms with E-state index >= 15 is 0 Å². The van der Waals surface area contributed by atoms with Crippen LogP contribution in [0.1, 0.15) is 36.4 Å². The highest BCUT2D eigenvalue weighted by molar-refractivity contribution is 5.85. The molecule has 1 amide bonds. The summed E-state index contributed by atoms with van der Waals surface area (Å²) in [7, 11) is 3.71. The van der Waals surface area contributed by atoms with Gasteiger partial charge < -0.3 is 10.2 Å². The fourth-order valence-electron chi connectivity index (χ4n) is 3.66. The van der Waals surface area contributed by atoms with Crippen LogP contribution in [0.3, 0.4) is 0 Å². The van der Waals surface area contributed by atoms with E-state index in [1.54, 1.807) is 10.9 Å². The van der Waals surface area contributed by atoms with Crippen LogP contribution >= 0.6 is 12.4 Å². The zero-order chi connectivity index (χ0) is 17.6. The molecule has 0 saturated carbocycles. The highest BCUT2D eigenvalue weighted by Crippen LogP contribution is 2.25. The first-order valence-corrected chi connectivity index (χ1v) is 9.16. The van der Waals surface area contributed by atoms with Crippen LogP contribution in [0.4, 0.5) is 0 Å². The number of aromatic nitrogens is 2. The first kappa shape index (κ1) is 20.5. The Balaban J connectivity index is 0.00000243. The second-order valence-corrected chi connectivity index (χ2v) is 6.96. The van der Waals surface area contributed by atoms with Crippen molar-refractivity contribution in [3.8, 4) is 0 Å². The van der Waals surface area contributed by atoms with E-state index in [0.29, 0.717) is 0 Å². The summed E-state index contributed by atoms with van der Waals surface area (Å²) < 4.78 is 1.74. The summed E-state index contributed by atoms with van der Waals surface area (Å²) in [5.41, 5.74) is 2.34. The van der Waals surface area contributed by atoms with Gasteiger partial charge in [0.1, 0.15) is 6.04 Å². The lowest BCUT2D eigenvalue weighted by Crippen LogP contribution is -2.44. The van der Waals surface area contributed by atoms with Crippen molar-refractivity contribution in [2.24, 2.45) is 13.0 Å². The zero-order valence-electron chi connectivity index (χ0n) is 15.6. The van der Waals surface area contributed by atoms with E-state index in [2.05, 4.69) is 40.7 Å². The van der Waals surface area contributed by atoms with E-state index in [4.69, 9.17) is 0 Å². The standard InChI is InChI=1S/C20H28N4O.ClH/c1-21-19(18-14-22-23(2)15-18)20(25)24-12-10-17(11-13-24)9-8-16-6-4-3-5-7-16;/h3-7,14-15,17,19,21H,8-13H2,1-2H3;1H. The van der Waals surface area contributed by atoms with E-state index in [1.807, 2.05) is 25.2 Å². The molecule has 2 aromatic rings. The molecule has 1 atom stereocenters. The quantitative estimate of drug-likeness (QED) is 0.843. The van der Waals surface area contributed by atoms with Crippen molar-refractivity contribution in [2.45, 2.75) is 31.7 Å². The van der Waals surface area contributed by atoms with E-state index in [0.717, 1.165) is 43.8 Å². The first-order valence-electron chi connectivity index (χ1n) is 9.16. The first-order chi connectivity index (χ1) is 12.2. The Morgan fingerprint density at radius 1 is 1.27 bits per heavy atom. The van der Waals surface area contributed by atoms with E-state index < -0.39 is 0 Å². The third kappa shape index (κ3) is 5.08. The molecule has 1 saturated heterocycles. The number of hydrogen-bond acceptors (Lipinski definition) is 3. The summed E-state index contributed by atoms with van der Waals surface area (Å²) in [5.74, 6) is 0.882. The molecule has 0 spiro atoms. The molecule has 1 aromatic heterocycles. The average Bonchev–Trinajstić information content (AvgIpc) is 3.08. The minimum atomic E-state index is -0.297. The highest BCUT2D eigenvalue weighted by Gasteiger charge is 2.28. The van der Waals surface area contributed by atoms with Gasteiger partial charge in [0.05, 0.1) is 6.20 Å². The zero-order valence-corrected chi connectivity index (χ0v) is 16.4. The highest BCUT2D eigenvalue weighted by atomic mass is 35.5. The number of nitrogens with one attached hydrogen (secondary N) is 1. The Labute approximate surface area is 162 Å². The molecule has 6 heteroatoms. The number of aryl methyl sites for hydroxylation is 2.